The first-order chi connectivity index (χ1) is 13.3. The summed E-state index contributed by atoms with van der Waals surface area (Å²) in [7, 11) is -1.97. The quantitative estimate of drug-likeness (QED) is 0.566. The summed E-state index contributed by atoms with van der Waals surface area (Å²) in [6.07, 6.45) is 0.650. The van der Waals surface area contributed by atoms with Gasteiger partial charge in [0.1, 0.15) is 5.82 Å². The van der Waals surface area contributed by atoms with E-state index in [0.717, 1.165) is 11.4 Å². The predicted octanol–water partition coefficient (Wildman–Crippen LogP) is 1.78. The van der Waals surface area contributed by atoms with E-state index < -0.39 is 10.0 Å². The van der Waals surface area contributed by atoms with Crippen LogP contribution >= 0.6 is 11.8 Å². The molecule has 0 spiro atoms. The van der Waals surface area contributed by atoms with Crippen LogP contribution in [0, 0.1) is 0 Å². The van der Waals surface area contributed by atoms with Gasteiger partial charge in [0.25, 0.3) is 0 Å². The lowest BCUT2D eigenvalue weighted by atomic mass is 10.1. The van der Waals surface area contributed by atoms with Gasteiger partial charge in [-0.25, -0.2) is 13.6 Å². The zero-order valence-electron chi connectivity index (χ0n) is 15.1. The molecule has 0 aliphatic heterocycles. The number of carbonyl (C=O) groups excluding carboxylic acids is 1. The molecule has 0 fully saturated rings. The molecule has 3 N–H and O–H groups in total. The van der Waals surface area contributed by atoms with Crippen molar-refractivity contribution in [3.05, 3.63) is 66.0 Å². The molecule has 0 bridgehead atoms. The first-order valence-corrected chi connectivity index (χ1v) is 10.8. The summed E-state index contributed by atoms with van der Waals surface area (Å²) in [5.74, 6) is 0.621. The summed E-state index contributed by atoms with van der Waals surface area (Å²) in [5.41, 5.74) is 1.49. The molecule has 0 aliphatic rings. The fourth-order valence-corrected chi connectivity index (χ4v) is 3.77. The average molecular weight is 418 g/mol. The van der Waals surface area contributed by atoms with Crippen molar-refractivity contribution in [2.45, 2.75) is 16.5 Å². The molecule has 2 aromatic carbocycles. The van der Waals surface area contributed by atoms with Crippen LogP contribution in [0.2, 0.25) is 0 Å². The third-order valence-electron chi connectivity index (χ3n) is 3.91. The number of hydrogen-bond donors (Lipinski definition) is 2. The number of rotatable bonds is 7. The van der Waals surface area contributed by atoms with Crippen molar-refractivity contribution < 1.29 is 13.2 Å². The molecule has 0 aliphatic carbocycles. The number of primary sulfonamides is 1. The first kappa shape index (κ1) is 20.1. The van der Waals surface area contributed by atoms with E-state index in [9.17, 15) is 13.2 Å². The summed E-state index contributed by atoms with van der Waals surface area (Å²) in [4.78, 5) is 12.1. The number of benzene rings is 2. The van der Waals surface area contributed by atoms with Crippen LogP contribution in [0.1, 0.15) is 11.4 Å². The number of nitrogens with two attached hydrogens (primary N) is 1. The molecule has 10 heteroatoms. The van der Waals surface area contributed by atoms with Crippen LogP contribution in [-0.4, -0.2) is 34.8 Å². The number of amides is 1. The molecule has 0 radical (unpaired) electrons. The zero-order valence-corrected chi connectivity index (χ0v) is 16.7. The minimum atomic E-state index is -3.82. The summed E-state index contributed by atoms with van der Waals surface area (Å²) in [5, 5.41) is 16.7. The lowest BCUT2D eigenvalue weighted by molar-refractivity contribution is -0.113. The fraction of sp³-hybridized carbons (Fsp3) is 0.167. The molecule has 0 unspecified atom stereocenters. The van der Waals surface area contributed by atoms with Crippen LogP contribution in [-0.2, 0) is 28.3 Å². The van der Waals surface area contributed by atoms with E-state index in [-0.39, 0.29) is 16.6 Å². The number of sulfonamides is 1. The Kier molecular flexibility index (Phi) is 6.12. The minimum absolute atomic E-state index is 0.0585. The second-order valence-electron chi connectivity index (χ2n) is 6.03. The van der Waals surface area contributed by atoms with E-state index in [2.05, 4.69) is 15.5 Å². The van der Waals surface area contributed by atoms with Crippen LogP contribution in [0.25, 0.3) is 0 Å². The Labute approximate surface area is 167 Å². The first-order valence-electron chi connectivity index (χ1n) is 8.30. The van der Waals surface area contributed by atoms with E-state index in [1.807, 2.05) is 41.9 Å². The van der Waals surface area contributed by atoms with Gasteiger partial charge in [0.2, 0.25) is 15.9 Å². The third kappa shape index (κ3) is 5.18. The summed E-state index contributed by atoms with van der Waals surface area (Å²) < 4.78 is 24.6. The molecule has 146 valence electrons. The van der Waals surface area contributed by atoms with Crippen LogP contribution in [0.15, 0.2) is 64.6 Å². The van der Waals surface area contributed by atoms with Gasteiger partial charge in [-0.1, -0.05) is 48.2 Å². The minimum Gasteiger partial charge on any atom is -0.325 e. The zero-order chi connectivity index (χ0) is 20.1. The normalized spacial score (nSPS) is 11.4. The Bertz CT molecular complexity index is 1080. The van der Waals surface area contributed by atoms with Crippen molar-refractivity contribution in [2.24, 2.45) is 12.2 Å². The van der Waals surface area contributed by atoms with Gasteiger partial charge in [-0.3, -0.25) is 4.79 Å². The van der Waals surface area contributed by atoms with Crippen LogP contribution < -0.4 is 10.5 Å². The van der Waals surface area contributed by atoms with Gasteiger partial charge in [0, 0.05) is 19.2 Å². The van der Waals surface area contributed by atoms with E-state index in [1.165, 1.54) is 30.0 Å². The van der Waals surface area contributed by atoms with Gasteiger partial charge < -0.3 is 9.88 Å². The highest BCUT2D eigenvalue weighted by molar-refractivity contribution is 7.99. The molecule has 0 saturated heterocycles. The van der Waals surface area contributed by atoms with Crippen LogP contribution in [0.5, 0.6) is 0 Å². The maximum Gasteiger partial charge on any atom is 0.238 e. The topological polar surface area (TPSA) is 120 Å². The highest BCUT2D eigenvalue weighted by atomic mass is 32.2. The monoisotopic (exact) mass is 417 g/mol. The van der Waals surface area contributed by atoms with Crippen LogP contribution in [0.3, 0.4) is 0 Å². The molecule has 0 saturated carbocycles. The number of aromatic nitrogens is 3. The van der Waals surface area contributed by atoms with Crippen molar-refractivity contribution in [3.63, 3.8) is 0 Å². The van der Waals surface area contributed by atoms with E-state index in [0.29, 0.717) is 17.3 Å². The second kappa shape index (κ2) is 8.55. The molecule has 1 aromatic heterocycles. The molecule has 1 amide bonds. The van der Waals surface area contributed by atoms with Crippen LogP contribution in [0.4, 0.5) is 5.69 Å². The fourth-order valence-electron chi connectivity index (χ4n) is 2.48. The van der Waals surface area contributed by atoms with Crippen molar-refractivity contribution >= 4 is 33.4 Å². The lowest BCUT2D eigenvalue weighted by Crippen LogP contribution is -2.16. The maximum atomic E-state index is 12.2. The standard InChI is InChI=1S/C18H19N5O3S2/c1-23-16(10-13-6-3-2-4-7-13)21-22-18(23)27-12-17(24)20-14-8-5-9-15(11-14)28(19,25)26/h2-9,11H,10,12H2,1H3,(H,20,24)(H2,19,25,26). The molecule has 8 nitrogen and oxygen atoms in total. The Morgan fingerprint density at radius 3 is 2.61 bits per heavy atom. The molecule has 3 rings (SSSR count). The highest BCUT2D eigenvalue weighted by Gasteiger charge is 2.13. The van der Waals surface area contributed by atoms with Gasteiger partial charge >= 0.3 is 0 Å². The predicted molar refractivity (Wildman–Crippen MR) is 107 cm³/mol. The van der Waals surface area contributed by atoms with E-state index in [4.69, 9.17) is 5.14 Å². The Morgan fingerprint density at radius 2 is 1.89 bits per heavy atom. The highest BCUT2D eigenvalue weighted by Crippen LogP contribution is 2.19. The molecular weight excluding hydrogens is 398 g/mol. The summed E-state index contributed by atoms with van der Waals surface area (Å²) in [6, 6.07) is 15.7. The third-order valence-corrected chi connectivity index (χ3v) is 5.84. The van der Waals surface area contributed by atoms with Gasteiger partial charge in [-0.15, -0.1) is 10.2 Å². The largest absolute Gasteiger partial charge is 0.325 e. The van der Waals surface area contributed by atoms with Crippen molar-refractivity contribution in [1.82, 2.24) is 14.8 Å². The lowest BCUT2D eigenvalue weighted by Gasteiger charge is -2.07. The number of hydrogen-bond acceptors (Lipinski definition) is 6. The number of thioether (sulfide) groups is 1. The Morgan fingerprint density at radius 1 is 1.14 bits per heavy atom. The number of anilines is 1. The molecule has 3 aromatic rings. The molecule has 0 atom stereocenters. The Hall–Kier alpha value is -2.69. The molecule has 1 heterocycles. The molecular formula is C18H19N5O3S2. The smallest absolute Gasteiger partial charge is 0.238 e. The summed E-state index contributed by atoms with van der Waals surface area (Å²) >= 11 is 1.25. The van der Waals surface area contributed by atoms with E-state index >= 15 is 0 Å². The van der Waals surface area contributed by atoms with Gasteiger partial charge in [-0.05, 0) is 23.8 Å². The SMILES string of the molecule is Cn1c(Cc2ccccc2)nnc1SCC(=O)Nc1cccc(S(N)(=O)=O)c1. The second-order valence-corrected chi connectivity index (χ2v) is 8.53. The Balaban J connectivity index is 1.59. The summed E-state index contributed by atoms with van der Waals surface area (Å²) in [6.45, 7) is 0. The number of nitrogens with one attached hydrogen (secondary N) is 1. The van der Waals surface area contributed by atoms with Crippen molar-refractivity contribution in [3.8, 4) is 0 Å². The van der Waals surface area contributed by atoms with E-state index in [1.54, 1.807) is 6.07 Å². The van der Waals surface area contributed by atoms with Gasteiger partial charge in [0.05, 0.1) is 10.6 Å². The number of nitrogens with zero attached hydrogens (tertiary/aromatic N) is 3. The number of carbonyl (C=O) groups is 1. The maximum absolute atomic E-state index is 12.2. The molecule has 28 heavy (non-hydrogen) atoms. The average Bonchev–Trinajstić information content (AvgIpc) is 3.00. The van der Waals surface area contributed by atoms with Gasteiger partial charge in [-0.2, -0.15) is 0 Å². The van der Waals surface area contributed by atoms with Crippen molar-refractivity contribution in [2.75, 3.05) is 11.1 Å². The van der Waals surface area contributed by atoms with Gasteiger partial charge in [0.15, 0.2) is 5.16 Å². The van der Waals surface area contributed by atoms with Crippen molar-refractivity contribution in [1.29, 1.82) is 0 Å².